The minimum atomic E-state index is -0.290. The highest BCUT2D eigenvalue weighted by atomic mass is 16.1. The molecule has 1 heterocycles. The van der Waals surface area contributed by atoms with Crippen molar-refractivity contribution < 1.29 is 4.79 Å². The first-order chi connectivity index (χ1) is 9.62. The molecule has 4 N–H and O–H groups in total. The van der Waals surface area contributed by atoms with Crippen LogP contribution >= 0.6 is 0 Å². The fourth-order valence-corrected chi connectivity index (χ4v) is 1.74. The molecule has 2 rings (SSSR count). The second-order valence-electron chi connectivity index (χ2n) is 4.17. The second-order valence-corrected chi connectivity index (χ2v) is 4.17. The number of amides is 1. The Balaban J connectivity index is 2.23. The third-order valence-corrected chi connectivity index (χ3v) is 2.61. The number of nitriles is 1. The van der Waals surface area contributed by atoms with Gasteiger partial charge in [-0.2, -0.15) is 5.26 Å². The van der Waals surface area contributed by atoms with E-state index < -0.39 is 0 Å². The van der Waals surface area contributed by atoms with Gasteiger partial charge < -0.3 is 10.7 Å². The first kappa shape index (κ1) is 13.5. The van der Waals surface area contributed by atoms with E-state index in [1.807, 2.05) is 6.07 Å². The van der Waals surface area contributed by atoms with Crippen LogP contribution in [-0.4, -0.2) is 10.9 Å². The molecule has 20 heavy (non-hydrogen) atoms. The number of nitrogens with zero attached hydrogens (tertiary/aromatic N) is 2. The Morgan fingerprint density at radius 1 is 1.35 bits per heavy atom. The van der Waals surface area contributed by atoms with Gasteiger partial charge in [-0.3, -0.25) is 4.79 Å². The Kier molecular flexibility index (Phi) is 3.93. The lowest BCUT2D eigenvalue weighted by Gasteiger charge is -2.08. The number of nitrogens with one attached hydrogen (secondary N) is 2. The summed E-state index contributed by atoms with van der Waals surface area (Å²) in [6, 6.07) is 11.9. The molecule has 6 heteroatoms. The van der Waals surface area contributed by atoms with Gasteiger partial charge in [0.05, 0.1) is 11.6 Å². The van der Waals surface area contributed by atoms with Gasteiger partial charge in [0.25, 0.3) is 5.91 Å². The molecule has 0 atom stereocenters. The zero-order valence-corrected chi connectivity index (χ0v) is 10.8. The van der Waals surface area contributed by atoms with Crippen LogP contribution in [0.3, 0.4) is 0 Å². The molecule has 0 spiro atoms. The van der Waals surface area contributed by atoms with Gasteiger partial charge in [-0.25, -0.2) is 10.8 Å². The molecule has 0 bridgehead atoms. The van der Waals surface area contributed by atoms with Gasteiger partial charge in [0.1, 0.15) is 5.82 Å². The lowest BCUT2D eigenvalue weighted by Crippen LogP contribution is -2.15. The minimum absolute atomic E-state index is 0.290. The van der Waals surface area contributed by atoms with Crippen molar-refractivity contribution in [2.24, 2.45) is 5.84 Å². The molecule has 0 saturated heterocycles. The van der Waals surface area contributed by atoms with Gasteiger partial charge in [-0.1, -0.05) is 6.07 Å². The number of rotatable bonds is 3. The van der Waals surface area contributed by atoms with E-state index in [1.165, 1.54) is 0 Å². The molecule has 0 unspecified atom stereocenters. The Labute approximate surface area is 116 Å². The number of hydrogen-bond acceptors (Lipinski definition) is 5. The molecular weight excluding hydrogens is 254 g/mol. The zero-order valence-electron chi connectivity index (χ0n) is 10.8. The maximum absolute atomic E-state index is 12.1. The van der Waals surface area contributed by atoms with E-state index in [4.69, 9.17) is 11.1 Å². The molecule has 1 amide bonds. The summed E-state index contributed by atoms with van der Waals surface area (Å²) in [6.07, 6.45) is 0. The van der Waals surface area contributed by atoms with Gasteiger partial charge in [0, 0.05) is 16.9 Å². The average Bonchev–Trinajstić information content (AvgIpc) is 2.46. The molecule has 0 aliphatic carbocycles. The number of aryl methyl sites for hydroxylation is 1. The van der Waals surface area contributed by atoms with Crippen molar-refractivity contribution >= 4 is 17.4 Å². The van der Waals surface area contributed by atoms with Gasteiger partial charge >= 0.3 is 0 Å². The van der Waals surface area contributed by atoms with E-state index in [0.717, 1.165) is 0 Å². The highest BCUT2D eigenvalue weighted by molar-refractivity contribution is 6.04. The Hall–Kier alpha value is -2.91. The van der Waals surface area contributed by atoms with Crippen LogP contribution in [0, 0.1) is 18.3 Å². The van der Waals surface area contributed by atoms with E-state index in [-0.39, 0.29) is 5.91 Å². The van der Waals surface area contributed by atoms with Crippen LogP contribution in [0.15, 0.2) is 36.4 Å². The molecule has 1 aromatic heterocycles. The number of aromatic nitrogens is 1. The first-order valence-corrected chi connectivity index (χ1v) is 5.89. The lowest BCUT2D eigenvalue weighted by atomic mass is 10.2. The first-order valence-electron chi connectivity index (χ1n) is 5.89. The van der Waals surface area contributed by atoms with E-state index in [9.17, 15) is 4.79 Å². The highest BCUT2D eigenvalue weighted by Crippen LogP contribution is 2.14. The fraction of sp³-hybridized carbons (Fsp3) is 0.0714. The maximum atomic E-state index is 12.1. The summed E-state index contributed by atoms with van der Waals surface area (Å²) in [4.78, 5) is 16.3. The summed E-state index contributed by atoms with van der Waals surface area (Å²) < 4.78 is 0. The topological polar surface area (TPSA) is 104 Å². The molecule has 0 aliphatic rings. The number of anilines is 2. The molecule has 0 saturated carbocycles. The number of benzene rings is 1. The Morgan fingerprint density at radius 2 is 2.15 bits per heavy atom. The van der Waals surface area contributed by atoms with Crippen LogP contribution in [0.25, 0.3) is 0 Å². The summed E-state index contributed by atoms with van der Waals surface area (Å²) in [5.74, 6) is 5.43. The molecular formula is C14H13N5O. The van der Waals surface area contributed by atoms with Gasteiger partial charge in [-0.15, -0.1) is 0 Å². The zero-order chi connectivity index (χ0) is 14.5. The van der Waals surface area contributed by atoms with E-state index in [1.54, 1.807) is 43.3 Å². The normalized spacial score (nSPS) is 9.65. The van der Waals surface area contributed by atoms with Crippen LogP contribution in [0.4, 0.5) is 11.5 Å². The quantitative estimate of drug-likeness (QED) is 0.581. The SMILES string of the molecule is Cc1cc(C(=O)Nc2cccc(C#N)c2)cc(NN)n1. The standard InChI is InChI=1S/C14H13N5O/c1-9-5-11(7-13(17-9)19-16)14(20)18-12-4-2-3-10(6-12)8-15/h2-7H,16H2,1H3,(H,17,19)(H,18,20). The number of nitrogen functional groups attached to an aromatic ring is 1. The predicted octanol–water partition coefficient (Wildman–Crippen LogP) is 1.80. The molecule has 100 valence electrons. The molecule has 2 aromatic rings. The third-order valence-electron chi connectivity index (χ3n) is 2.61. The summed E-state index contributed by atoms with van der Waals surface area (Å²) >= 11 is 0. The summed E-state index contributed by atoms with van der Waals surface area (Å²) in [7, 11) is 0. The van der Waals surface area contributed by atoms with Crippen molar-refractivity contribution in [1.82, 2.24) is 4.98 Å². The van der Waals surface area contributed by atoms with Crippen molar-refractivity contribution in [3.63, 3.8) is 0 Å². The van der Waals surface area contributed by atoms with Crippen LogP contribution in [0.2, 0.25) is 0 Å². The van der Waals surface area contributed by atoms with Crippen molar-refractivity contribution in [1.29, 1.82) is 5.26 Å². The minimum Gasteiger partial charge on any atom is -0.322 e. The van der Waals surface area contributed by atoms with E-state index in [0.29, 0.717) is 28.3 Å². The smallest absolute Gasteiger partial charge is 0.255 e. The predicted molar refractivity (Wildman–Crippen MR) is 75.9 cm³/mol. The summed E-state index contributed by atoms with van der Waals surface area (Å²) in [5.41, 5.74) is 4.57. The number of carbonyl (C=O) groups is 1. The summed E-state index contributed by atoms with van der Waals surface area (Å²) in [6.45, 7) is 1.77. The number of hydrazine groups is 1. The van der Waals surface area contributed by atoms with E-state index >= 15 is 0 Å². The van der Waals surface area contributed by atoms with Crippen molar-refractivity contribution in [2.75, 3.05) is 10.7 Å². The fourth-order valence-electron chi connectivity index (χ4n) is 1.74. The molecule has 6 nitrogen and oxygen atoms in total. The number of pyridine rings is 1. The highest BCUT2D eigenvalue weighted by Gasteiger charge is 2.09. The monoisotopic (exact) mass is 267 g/mol. The third kappa shape index (κ3) is 3.10. The van der Waals surface area contributed by atoms with Crippen molar-refractivity contribution in [2.45, 2.75) is 6.92 Å². The second kappa shape index (κ2) is 5.82. The van der Waals surface area contributed by atoms with Crippen molar-refractivity contribution in [3.05, 3.63) is 53.2 Å². The summed E-state index contributed by atoms with van der Waals surface area (Å²) in [5, 5.41) is 11.5. The Bertz CT molecular complexity index is 690. The maximum Gasteiger partial charge on any atom is 0.255 e. The van der Waals surface area contributed by atoms with Crippen LogP contribution < -0.4 is 16.6 Å². The molecule has 0 aliphatic heterocycles. The molecule has 0 fully saturated rings. The molecule has 1 aromatic carbocycles. The molecule has 0 radical (unpaired) electrons. The van der Waals surface area contributed by atoms with Crippen molar-refractivity contribution in [3.8, 4) is 6.07 Å². The van der Waals surface area contributed by atoms with Crippen LogP contribution in [-0.2, 0) is 0 Å². The van der Waals surface area contributed by atoms with Crippen LogP contribution in [0.1, 0.15) is 21.6 Å². The Morgan fingerprint density at radius 3 is 2.85 bits per heavy atom. The lowest BCUT2D eigenvalue weighted by molar-refractivity contribution is 0.102. The number of nitrogens with two attached hydrogens (primary N) is 1. The number of carbonyl (C=O) groups excluding carboxylic acids is 1. The van der Waals surface area contributed by atoms with E-state index in [2.05, 4.69) is 15.7 Å². The average molecular weight is 267 g/mol. The van der Waals surface area contributed by atoms with Gasteiger partial charge in [-0.05, 0) is 37.3 Å². The van der Waals surface area contributed by atoms with Gasteiger partial charge in [0.2, 0.25) is 0 Å². The van der Waals surface area contributed by atoms with Crippen LogP contribution in [0.5, 0.6) is 0 Å². The number of hydrogen-bond donors (Lipinski definition) is 3. The van der Waals surface area contributed by atoms with Gasteiger partial charge in [0.15, 0.2) is 0 Å². The largest absolute Gasteiger partial charge is 0.322 e.